The Kier molecular flexibility index (Phi) is 3.67. The van der Waals surface area contributed by atoms with Gasteiger partial charge in [0.1, 0.15) is 11.7 Å². The maximum absolute atomic E-state index is 12.5. The molecule has 4 atom stereocenters. The van der Waals surface area contributed by atoms with Crippen molar-refractivity contribution >= 4 is 22.7 Å². The van der Waals surface area contributed by atoms with Crippen LogP contribution in [0.25, 0.3) is 10.9 Å². The molecule has 2 fully saturated rings. The topological polar surface area (TPSA) is 62.4 Å². The number of ether oxygens (including phenoxy) is 1. The minimum Gasteiger partial charge on any atom is -0.468 e. The highest BCUT2D eigenvalue weighted by atomic mass is 16.5. The molecule has 0 amide bonds. The lowest BCUT2D eigenvalue weighted by Crippen LogP contribution is -2.52. The molecule has 5 rings (SSSR count). The van der Waals surface area contributed by atoms with E-state index >= 15 is 0 Å². The molecule has 136 valence electrons. The lowest BCUT2D eigenvalue weighted by atomic mass is 9.65. The highest BCUT2D eigenvalue weighted by molar-refractivity contribution is 6.00. The van der Waals surface area contributed by atoms with E-state index in [1.165, 1.54) is 29.3 Å². The number of esters is 1. The van der Waals surface area contributed by atoms with Crippen LogP contribution in [0.1, 0.15) is 36.6 Å². The van der Waals surface area contributed by atoms with E-state index in [9.17, 15) is 9.59 Å². The van der Waals surface area contributed by atoms with Gasteiger partial charge in [-0.25, -0.2) is 0 Å². The van der Waals surface area contributed by atoms with E-state index in [0.717, 1.165) is 32.4 Å². The second kappa shape index (κ2) is 5.95. The molecule has 3 aliphatic rings. The monoisotopic (exact) mass is 352 g/mol. The number of aromatic nitrogens is 1. The molecule has 1 aliphatic carbocycles. The Morgan fingerprint density at radius 3 is 2.96 bits per heavy atom. The van der Waals surface area contributed by atoms with Crippen LogP contribution in [0, 0.1) is 17.8 Å². The standard InChI is InChI=1S/C21H24N2O3/c1-26-21(25)19-15-10-17-20-14(13-4-2-3-5-16(13)22-20)8-9-23(17)11-12(15)6-7-18(19)24/h2-5,12,15,17,19,22H,6-11H2,1H3/t12-,15-,17-,19?/m0/s1. The number of hydrogen-bond acceptors (Lipinski definition) is 4. The van der Waals surface area contributed by atoms with Crippen molar-refractivity contribution in [3.63, 3.8) is 0 Å². The van der Waals surface area contributed by atoms with E-state index in [4.69, 9.17) is 4.74 Å². The number of nitrogens with one attached hydrogen (secondary N) is 1. The van der Waals surface area contributed by atoms with Gasteiger partial charge in [0.25, 0.3) is 0 Å². The van der Waals surface area contributed by atoms with Gasteiger partial charge in [-0.15, -0.1) is 0 Å². The van der Waals surface area contributed by atoms with Crippen molar-refractivity contribution in [1.29, 1.82) is 0 Å². The van der Waals surface area contributed by atoms with Crippen LogP contribution in [0.3, 0.4) is 0 Å². The molecule has 1 aromatic carbocycles. The average Bonchev–Trinajstić information content (AvgIpc) is 3.05. The average molecular weight is 352 g/mol. The van der Waals surface area contributed by atoms with E-state index < -0.39 is 5.92 Å². The third kappa shape index (κ3) is 2.26. The van der Waals surface area contributed by atoms with Gasteiger partial charge in [0.15, 0.2) is 0 Å². The number of nitrogens with zero attached hydrogens (tertiary/aromatic N) is 1. The van der Waals surface area contributed by atoms with Crippen LogP contribution in [0.4, 0.5) is 0 Å². The zero-order valence-electron chi connectivity index (χ0n) is 15.0. The summed E-state index contributed by atoms with van der Waals surface area (Å²) in [5, 5.41) is 1.31. The number of piperidine rings is 1. The second-order valence-electron chi connectivity index (χ2n) is 7.99. The SMILES string of the molecule is COC(=O)C1C(=O)CC[C@H]2CN3CCc4c([nH]c5ccccc45)[C@@H]3C[C@H]12. The fourth-order valence-corrected chi connectivity index (χ4v) is 5.61. The molecule has 3 heterocycles. The van der Waals surface area contributed by atoms with Crippen LogP contribution < -0.4 is 0 Å². The van der Waals surface area contributed by atoms with Gasteiger partial charge < -0.3 is 9.72 Å². The predicted molar refractivity (Wildman–Crippen MR) is 97.7 cm³/mol. The molecule has 1 aromatic heterocycles. The molecule has 26 heavy (non-hydrogen) atoms. The smallest absolute Gasteiger partial charge is 0.316 e. The fraction of sp³-hybridized carbons (Fsp3) is 0.524. The molecule has 0 bridgehead atoms. The lowest BCUT2D eigenvalue weighted by molar-refractivity contribution is -0.157. The predicted octanol–water partition coefficient (Wildman–Crippen LogP) is 2.86. The molecular weight excluding hydrogens is 328 g/mol. The Labute approximate surface area is 152 Å². The van der Waals surface area contributed by atoms with Gasteiger partial charge in [0.2, 0.25) is 0 Å². The number of fused-ring (bicyclic) bond motifs is 6. The van der Waals surface area contributed by atoms with E-state index in [2.05, 4.69) is 34.1 Å². The van der Waals surface area contributed by atoms with Crippen molar-refractivity contribution in [3.05, 3.63) is 35.5 Å². The van der Waals surface area contributed by atoms with Gasteiger partial charge in [-0.1, -0.05) is 18.2 Å². The van der Waals surface area contributed by atoms with Crippen LogP contribution in [0.5, 0.6) is 0 Å². The first-order valence-corrected chi connectivity index (χ1v) is 9.61. The summed E-state index contributed by atoms with van der Waals surface area (Å²) in [4.78, 5) is 31.0. The zero-order chi connectivity index (χ0) is 17.8. The van der Waals surface area contributed by atoms with Crippen LogP contribution in [0.15, 0.2) is 24.3 Å². The number of Topliss-reactive ketones (excluding diaryl/α,β-unsaturated/α-hetero) is 1. The maximum atomic E-state index is 12.5. The Hall–Kier alpha value is -2.14. The molecule has 1 saturated carbocycles. The third-order valence-corrected chi connectivity index (χ3v) is 6.83. The summed E-state index contributed by atoms with van der Waals surface area (Å²) in [5.74, 6) is -0.331. The van der Waals surface area contributed by atoms with Gasteiger partial charge in [-0.05, 0) is 42.7 Å². The normalized spacial score (nSPS) is 31.2. The largest absolute Gasteiger partial charge is 0.468 e. The van der Waals surface area contributed by atoms with Gasteiger partial charge in [0.05, 0.1) is 13.2 Å². The summed E-state index contributed by atoms with van der Waals surface area (Å²) < 4.78 is 4.98. The first-order chi connectivity index (χ1) is 12.7. The highest BCUT2D eigenvalue weighted by Crippen LogP contribution is 2.48. The maximum Gasteiger partial charge on any atom is 0.316 e. The minimum atomic E-state index is -0.573. The first-order valence-electron chi connectivity index (χ1n) is 9.61. The van der Waals surface area contributed by atoms with Gasteiger partial charge in [-0.3, -0.25) is 14.5 Å². The summed E-state index contributed by atoms with van der Waals surface area (Å²) in [6.07, 6.45) is 3.33. The number of benzene rings is 1. The molecule has 1 saturated heterocycles. The Balaban J connectivity index is 1.53. The molecule has 5 nitrogen and oxygen atoms in total. The van der Waals surface area contributed by atoms with Crippen molar-refractivity contribution in [2.24, 2.45) is 17.8 Å². The lowest BCUT2D eigenvalue weighted by Gasteiger charge is -2.49. The number of hydrogen-bond donors (Lipinski definition) is 1. The molecule has 1 N–H and O–H groups in total. The second-order valence-corrected chi connectivity index (χ2v) is 7.99. The van der Waals surface area contributed by atoms with Gasteiger partial charge in [-0.2, -0.15) is 0 Å². The van der Waals surface area contributed by atoms with Crippen molar-refractivity contribution in [3.8, 4) is 0 Å². The van der Waals surface area contributed by atoms with Gasteiger partial charge >= 0.3 is 5.97 Å². The van der Waals surface area contributed by atoms with E-state index in [0.29, 0.717) is 12.3 Å². The summed E-state index contributed by atoms with van der Waals surface area (Å²) in [7, 11) is 1.39. The quantitative estimate of drug-likeness (QED) is 0.633. The van der Waals surface area contributed by atoms with E-state index in [1.807, 2.05) is 0 Å². The number of para-hydroxylation sites is 1. The summed E-state index contributed by atoms with van der Waals surface area (Å²) in [5.41, 5.74) is 3.89. The molecular formula is C21H24N2O3. The molecule has 1 unspecified atom stereocenters. The molecule has 0 radical (unpaired) electrons. The number of H-pyrrole nitrogens is 1. The number of methoxy groups -OCH3 is 1. The number of aromatic amines is 1. The Morgan fingerprint density at radius 2 is 2.12 bits per heavy atom. The summed E-state index contributed by atoms with van der Waals surface area (Å²) in [6.45, 7) is 2.03. The van der Waals surface area contributed by atoms with Crippen LogP contribution >= 0.6 is 0 Å². The van der Waals surface area contributed by atoms with E-state index in [-0.39, 0.29) is 23.7 Å². The van der Waals surface area contributed by atoms with Crippen molar-refractivity contribution < 1.29 is 14.3 Å². The Morgan fingerprint density at radius 1 is 1.27 bits per heavy atom. The Bertz CT molecular complexity index is 879. The van der Waals surface area contributed by atoms with Crippen LogP contribution in [0.2, 0.25) is 0 Å². The van der Waals surface area contributed by atoms with Crippen LogP contribution in [-0.2, 0) is 20.7 Å². The summed E-state index contributed by atoms with van der Waals surface area (Å²) in [6, 6.07) is 8.74. The number of carbonyl (C=O) groups is 2. The minimum absolute atomic E-state index is 0.0687. The summed E-state index contributed by atoms with van der Waals surface area (Å²) >= 11 is 0. The number of ketones is 1. The highest BCUT2D eigenvalue weighted by Gasteiger charge is 2.49. The molecule has 2 aliphatic heterocycles. The van der Waals surface area contributed by atoms with Crippen molar-refractivity contribution in [2.45, 2.75) is 31.7 Å². The number of carbonyl (C=O) groups excluding carboxylic acids is 2. The van der Waals surface area contributed by atoms with Gasteiger partial charge in [0, 0.05) is 36.1 Å². The molecule has 5 heteroatoms. The third-order valence-electron chi connectivity index (χ3n) is 6.83. The first kappa shape index (κ1) is 16.1. The van der Waals surface area contributed by atoms with Crippen molar-refractivity contribution in [2.75, 3.05) is 20.2 Å². The molecule has 2 aromatic rings. The fourth-order valence-electron chi connectivity index (χ4n) is 5.61. The zero-order valence-corrected chi connectivity index (χ0v) is 15.0. The molecule has 0 spiro atoms. The number of rotatable bonds is 1. The van der Waals surface area contributed by atoms with E-state index in [1.54, 1.807) is 0 Å². The van der Waals surface area contributed by atoms with Crippen LogP contribution in [-0.4, -0.2) is 41.8 Å². The van der Waals surface area contributed by atoms with Crippen molar-refractivity contribution in [1.82, 2.24) is 9.88 Å².